The van der Waals surface area contributed by atoms with Gasteiger partial charge in [-0.2, -0.15) is 0 Å². The lowest BCUT2D eigenvalue weighted by atomic mass is 10.1. The van der Waals surface area contributed by atoms with Crippen LogP contribution in [0.25, 0.3) is 0 Å². The van der Waals surface area contributed by atoms with Gasteiger partial charge in [0.05, 0.1) is 13.2 Å². The number of carboxylic acid groups (broad SMARTS) is 1. The molecule has 10 heteroatoms. The van der Waals surface area contributed by atoms with Gasteiger partial charge in [0, 0.05) is 24.9 Å². The monoisotopic (exact) mass is 493 g/mol. The molecule has 0 aliphatic heterocycles. The van der Waals surface area contributed by atoms with Crippen LogP contribution in [0.3, 0.4) is 0 Å². The van der Waals surface area contributed by atoms with Gasteiger partial charge in [0.1, 0.15) is 10.5 Å². The first-order valence-corrected chi connectivity index (χ1v) is 12.4. The average molecular weight is 494 g/mol. The van der Waals surface area contributed by atoms with Crippen molar-refractivity contribution in [3.63, 3.8) is 0 Å². The molecule has 0 aliphatic rings. The molecule has 1 aromatic carbocycles. The normalized spacial score (nSPS) is 11.4. The zero-order valence-corrected chi connectivity index (χ0v) is 21.2. The van der Waals surface area contributed by atoms with Gasteiger partial charge in [0.2, 0.25) is 0 Å². The molecule has 0 spiro atoms. The highest BCUT2D eigenvalue weighted by Crippen LogP contribution is 2.34. The Hall–Kier alpha value is -2.75. The van der Waals surface area contributed by atoms with Gasteiger partial charge >= 0.3 is 17.2 Å². The van der Waals surface area contributed by atoms with Crippen LogP contribution in [0.1, 0.15) is 59.3 Å². The van der Waals surface area contributed by atoms with E-state index in [4.69, 9.17) is 9.47 Å². The van der Waals surface area contributed by atoms with Crippen LogP contribution in [0.15, 0.2) is 38.8 Å². The van der Waals surface area contributed by atoms with Crippen molar-refractivity contribution in [2.75, 3.05) is 13.2 Å². The van der Waals surface area contributed by atoms with Gasteiger partial charge in [0.15, 0.2) is 0 Å². The van der Waals surface area contributed by atoms with Gasteiger partial charge in [-0.25, -0.2) is 9.48 Å². The summed E-state index contributed by atoms with van der Waals surface area (Å²) in [6.07, 6.45) is 5.74. The SMILES string of the molecule is CCCCCCCn1nc(OCCCOc2cccc(SC(C)(C)C(=O)O)c2)c(=O)n(C)c1=O. The minimum Gasteiger partial charge on any atom is -0.493 e. The molecule has 9 nitrogen and oxygen atoms in total. The van der Waals surface area contributed by atoms with Gasteiger partial charge in [-0.15, -0.1) is 16.9 Å². The molecule has 1 aromatic heterocycles. The molecule has 1 N–H and O–H groups in total. The fourth-order valence-electron chi connectivity index (χ4n) is 3.08. The van der Waals surface area contributed by atoms with Crippen LogP contribution in [0.2, 0.25) is 0 Å². The Morgan fingerprint density at radius 2 is 1.79 bits per heavy atom. The number of aryl methyl sites for hydroxylation is 1. The molecule has 0 saturated heterocycles. The molecule has 0 bridgehead atoms. The number of carbonyl (C=O) groups is 1. The summed E-state index contributed by atoms with van der Waals surface area (Å²) in [5.41, 5.74) is -1.00. The fraction of sp³-hybridized carbons (Fsp3) is 0.583. The number of ether oxygens (including phenoxy) is 2. The van der Waals surface area contributed by atoms with Crippen molar-refractivity contribution >= 4 is 17.7 Å². The van der Waals surface area contributed by atoms with Crippen LogP contribution >= 0.6 is 11.8 Å². The molecule has 2 rings (SSSR count). The van der Waals surface area contributed by atoms with Gasteiger partial charge in [-0.05, 0) is 38.5 Å². The van der Waals surface area contributed by atoms with Crippen LogP contribution in [-0.2, 0) is 18.4 Å². The average Bonchev–Trinajstić information content (AvgIpc) is 2.79. The van der Waals surface area contributed by atoms with Crippen molar-refractivity contribution in [1.29, 1.82) is 0 Å². The van der Waals surface area contributed by atoms with Gasteiger partial charge in [0.25, 0.3) is 5.88 Å². The number of aliphatic carboxylic acids is 1. The van der Waals surface area contributed by atoms with E-state index >= 15 is 0 Å². The highest BCUT2D eigenvalue weighted by Gasteiger charge is 2.28. The maximum atomic E-state index is 12.3. The molecule has 0 fully saturated rings. The lowest BCUT2D eigenvalue weighted by molar-refractivity contribution is -0.138. The largest absolute Gasteiger partial charge is 0.493 e. The van der Waals surface area contributed by atoms with Crippen molar-refractivity contribution in [3.8, 4) is 11.6 Å². The molecule has 0 atom stereocenters. The molecule has 1 heterocycles. The number of aromatic nitrogens is 3. The Morgan fingerprint density at radius 3 is 2.50 bits per heavy atom. The predicted octanol–water partition coefficient (Wildman–Crippen LogP) is 3.72. The molecule has 0 radical (unpaired) electrons. The first-order chi connectivity index (χ1) is 16.2. The van der Waals surface area contributed by atoms with E-state index in [0.717, 1.165) is 41.6 Å². The van der Waals surface area contributed by atoms with Crippen molar-refractivity contribution in [3.05, 3.63) is 45.1 Å². The zero-order valence-electron chi connectivity index (χ0n) is 20.4. The second-order valence-corrected chi connectivity index (χ2v) is 10.2. The summed E-state index contributed by atoms with van der Waals surface area (Å²) in [6.45, 7) is 6.44. The summed E-state index contributed by atoms with van der Waals surface area (Å²) in [4.78, 5) is 36.8. The molecule has 0 aliphatic carbocycles. The van der Waals surface area contributed by atoms with Crippen molar-refractivity contribution < 1.29 is 19.4 Å². The van der Waals surface area contributed by atoms with Crippen LogP contribution in [-0.4, -0.2) is 43.4 Å². The minimum atomic E-state index is -0.947. The summed E-state index contributed by atoms with van der Waals surface area (Å²) in [6, 6.07) is 7.24. The molecular weight excluding hydrogens is 458 g/mol. The highest BCUT2D eigenvalue weighted by molar-refractivity contribution is 8.01. The Balaban J connectivity index is 1.87. The van der Waals surface area contributed by atoms with Gasteiger partial charge in [-0.3, -0.25) is 14.2 Å². The van der Waals surface area contributed by atoms with E-state index in [1.165, 1.54) is 23.5 Å². The number of carboxylic acids is 1. The van der Waals surface area contributed by atoms with E-state index < -0.39 is 22.0 Å². The summed E-state index contributed by atoms with van der Waals surface area (Å²) in [5, 5.41) is 13.4. The zero-order chi connectivity index (χ0) is 25.1. The van der Waals surface area contributed by atoms with E-state index in [1.807, 2.05) is 12.1 Å². The molecule has 0 unspecified atom stereocenters. The minimum absolute atomic E-state index is 0.0926. The lowest BCUT2D eigenvalue weighted by Crippen LogP contribution is -2.40. The van der Waals surface area contributed by atoms with E-state index in [9.17, 15) is 19.5 Å². The van der Waals surface area contributed by atoms with Crippen LogP contribution in [0, 0.1) is 0 Å². The maximum absolute atomic E-state index is 12.3. The van der Waals surface area contributed by atoms with E-state index in [-0.39, 0.29) is 12.5 Å². The van der Waals surface area contributed by atoms with Crippen LogP contribution < -0.4 is 20.7 Å². The smallest absolute Gasteiger partial charge is 0.347 e. The Labute approximate surface area is 204 Å². The van der Waals surface area contributed by atoms with E-state index in [1.54, 1.807) is 26.0 Å². The third-order valence-corrected chi connectivity index (χ3v) is 6.34. The number of thioether (sulfide) groups is 1. The summed E-state index contributed by atoms with van der Waals surface area (Å²) < 4.78 is 12.7. The van der Waals surface area contributed by atoms with Crippen LogP contribution in [0.4, 0.5) is 0 Å². The van der Waals surface area contributed by atoms with Crippen LogP contribution in [0.5, 0.6) is 11.6 Å². The first kappa shape index (κ1) is 27.5. The number of hydrogen-bond donors (Lipinski definition) is 1. The first-order valence-electron chi connectivity index (χ1n) is 11.6. The number of rotatable bonds is 15. The summed E-state index contributed by atoms with van der Waals surface area (Å²) in [5.74, 6) is -0.356. The van der Waals surface area contributed by atoms with Crippen molar-refractivity contribution in [2.24, 2.45) is 7.05 Å². The topological polar surface area (TPSA) is 113 Å². The molecule has 188 valence electrons. The second kappa shape index (κ2) is 13.2. The summed E-state index contributed by atoms with van der Waals surface area (Å²) >= 11 is 1.25. The van der Waals surface area contributed by atoms with E-state index in [0.29, 0.717) is 25.3 Å². The van der Waals surface area contributed by atoms with Gasteiger partial charge in [-0.1, -0.05) is 38.7 Å². The summed E-state index contributed by atoms with van der Waals surface area (Å²) in [7, 11) is 1.42. The lowest BCUT2D eigenvalue weighted by Gasteiger charge is -2.18. The molecule has 2 aromatic rings. The molecule has 0 saturated carbocycles. The fourth-order valence-corrected chi connectivity index (χ4v) is 4.08. The molecule has 34 heavy (non-hydrogen) atoms. The Morgan fingerprint density at radius 1 is 1.09 bits per heavy atom. The van der Waals surface area contributed by atoms with Gasteiger partial charge < -0.3 is 14.6 Å². The third-order valence-electron chi connectivity index (χ3n) is 5.17. The van der Waals surface area contributed by atoms with Crippen molar-refractivity contribution in [2.45, 2.75) is 75.5 Å². The van der Waals surface area contributed by atoms with Crippen molar-refractivity contribution in [1.82, 2.24) is 14.3 Å². The third kappa shape index (κ3) is 8.23. The second-order valence-electron chi connectivity index (χ2n) is 8.53. The number of benzene rings is 1. The number of hydrogen-bond acceptors (Lipinski definition) is 7. The highest BCUT2D eigenvalue weighted by atomic mass is 32.2. The quantitative estimate of drug-likeness (QED) is 0.295. The number of unbranched alkanes of at least 4 members (excludes halogenated alkanes) is 4. The standard InChI is InChI=1S/C24H35N3O6S/c1-5-6-7-8-9-14-27-23(31)26(4)21(28)20(25-27)33-16-11-15-32-18-12-10-13-19(17-18)34-24(2,3)22(29)30/h10,12-13,17H,5-9,11,14-16H2,1-4H3,(H,29,30). The molecule has 0 amide bonds. The molecular formula is C24H35N3O6S. The van der Waals surface area contributed by atoms with E-state index in [2.05, 4.69) is 12.0 Å². The Bertz CT molecular complexity index is 1060. The predicted molar refractivity (Wildman–Crippen MR) is 132 cm³/mol. The Kier molecular flexibility index (Phi) is 10.7. The number of nitrogens with zero attached hydrogens (tertiary/aromatic N) is 3. The maximum Gasteiger partial charge on any atom is 0.347 e.